The predicted molar refractivity (Wildman–Crippen MR) is 109 cm³/mol. The molecule has 144 valence electrons. The van der Waals surface area contributed by atoms with Crippen LogP contribution in [0, 0.1) is 0 Å². The van der Waals surface area contributed by atoms with Crippen LogP contribution in [-0.4, -0.2) is 55.7 Å². The fourth-order valence-electron chi connectivity index (χ4n) is 3.47. The third kappa shape index (κ3) is 3.86. The summed E-state index contributed by atoms with van der Waals surface area (Å²) >= 11 is 0. The fraction of sp³-hybridized carbons (Fsp3) is 0.273. The highest BCUT2D eigenvalue weighted by Gasteiger charge is 2.23. The number of carbonyl (C=O) groups is 1. The van der Waals surface area contributed by atoms with Crippen molar-refractivity contribution >= 4 is 22.5 Å². The Labute approximate surface area is 164 Å². The van der Waals surface area contributed by atoms with E-state index >= 15 is 0 Å². The van der Waals surface area contributed by atoms with Crippen LogP contribution in [0.15, 0.2) is 60.8 Å². The standard InChI is InChI=1S/C22H23N3O3/c1-27-21-7-3-2-6-20(21)24-11-13-25(14-12-24)22(26)16-28-18-8-9-19-17(15-18)5-4-10-23-19/h2-10,15H,11-14,16H2,1H3. The predicted octanol–water partition coefficient (Wildman–Crippen LogP) is 2.97. The molecule has 0 atom stereocenters. The molecule has 2 heterocycles. The Morgan fingerprint density at radius 3 is 2.68 bits per heavy atom. The Kier molecular flexibility index (Phi) is 5.28. The molecule has 3 aromatic rings. The second-order valence-corrected chi connectivity index (χ2v) is 6.69. The Balaban J connectivity index is 1.32. The molecule has 1 fully saturated rings. The molecule has 6 nitrogen and oxygen atoms in total. The van der Waals surface area contributed by atoms with Gasteiger partial charge in [-0.15, -0.1) is 0 Å². The molecule has 0 N–H and O–H groups in total. The number of fused-ring (bicyclic) bond motifs is 1. The summed E-state index contributed by atoms with van der Waals surface area (Å²) in [4.78, 5) is 20.9. The molecule has 1 aliphatic rings. The number of nitrogens with zero attached hydrogens (tertiary/aromatic N) is 3. The zero-order valence-corrected chi connectivity index (χ0v) is 15.9. The van der Waals surface area contributed by atoms with Crippen LogP contribution in [0.25, 0.3) is 10.9 Å². The van der Waals surface area contributed by atoms with E-state index in [0.717, 1.165) is 35.4 Å². The summed E-state index contributed by atoms with van der Waals surface area (Å²) in [6.07, 6.45) is 1.76. The molecule has 1 aromatic heterocycles. The van der Waals surface area contributed by atoms with Crippen LogP contribution in [0.1, 0.15) is 0 Å². The van der Waals surface area contributed by atoms with Crippen molar-refractivity contribution in [1.29, 1.82) is 0 Å². The molecule has 0 bridgehead atoms. The van der Waals surface area contributed by atoms with Crippen molar-refractivity contribution in [1.82, 2.24) is 9.88 Å². The first-order valence-corrected chi connectivity index (χ1v) is 9.38. The summed E-state index contributed by atoms with van der Waals surface area (Å²) in [5.74, 6) is 1.55. The Morgan fingerprint density at radius 1 is 1.04 bits per heavy atom. The van der Waals surface area contributed by atoms with Crippen molar-refractivity contribution in [2.45, 2.75) is 0 Å². The molecule has 0 saturated carbocycles. The van der Waals surface area contributed by atoms with Crippen LogP contribution >= 0.6 is 0 Å². The van der Waals surface area contributed by atoms with Gasteiger partial charge in [-0.2, -0.15) is 0 Å². The van der Waals surface area contributed by atoms with Gasteiger partial charge >= 0.3 is 0 Å². The topological polar surface area (TPSA) is 54.9 Å². The minimum atomic E-state index is 0.00552. The smallest absolute Gasteiger partial charge is 0.260 e. The summed E-state index contributed by atoms with van der Waals surface area (Å²) < 4.78 is 11.2. The van der Waals surface area contributed by atoms with Crippen LogP contribution in [0.5, 0.6) is 11.5 Å². The molecule has 1 amide bonds. The van der Waals surface area contributed by atoms with Crippen LogP contribution in [0.4, 0.5) is 5.69 Å². The maximum atomic E-state index is 12.5. The number of hydrogen-bond donors (Lipinski definition) is 0. The maximum Gasteiger partial charge on any atom is 0.260 e. The first kappa shape index (κ1) is 18.1. The molecule has 4 rings (SSSR count). The number of amides is 1. The van der Waals surface area contributed by atoms with E-state index < -0.39 is 0 Å². The normalized spacial score (nSPS) is 14.2. The molecule has 0 unspecified atom stereocenters. The van der Waals surface area contributed by atoms with Gasteiger partial charge in [0.25, 0.3) is 5.91 Å². The minimum Gasteiger partial charge on any atom is -0.495 e. The molecule has 28 heavy (non-hydrogen) atoms. The molecule has 0 aliphatic carbocycles. The fourth-order valence-corrected chi connectivity index (χ4v) is 3.47. The lowest BCUT2D eigenvalue weighted by Crippen LogP contribution is -2.50. The third-order valence-corrected chi connectivity index (χ3v) is 5.00. The van der Waals surface area contributed by atoms with Crippen LogP contribution < -0.4 is 14.4 Å². The first-order valence-electron chi connectivity index (χ1n) is 9.38. The molecule has 6 heteroatoms. The Hall–Kier alpha value is -3.28. The molecular weight excluding hydrogens is 354 g/mol. The quantitative estimate of drug-likeness (QED) is 0.684. The van der Waals surface area contributed by atoms with Gasteiger partial charge in [0.05, 0.1) is 18.3 Å². The number of carbonyl (C=O) groups excluding carboxylic acids is 1. The number of ether oxygens (including phenoxy) is 2. The monoisotopic (exact) mass is 377 g/mol. The number of hydrogen-bond acceptors (Lipinski definition) is 5. The number of piperazine rings is 1. The van der Waals surface area contributed by atoms with Gasteiger partial charge in [0.1, 0.15) is 11.5 Å². The second kappa shape index (κ2) is 8.17. The number of anilines is 1. The van der Waals surface area contributed by atoms with E-state index in [0.29, 0.717) is 18.8 Å². The summed E-state index contributed by atoms with van der Waals surface area (Å²) in [6.45, 7) is 2.92. The highest BCUT2D eigenvalue weighted by molar-refractivity contribution is 5.81. The van der Waals surface area contributed by atoms with E-state index in [4.69, 9.17) is 9.47 Å². The Morgan fingerprint density at radius 2 is 1.86 bits per heavy atom. The zero-order valence-electron chi connectivity index (χ0n) is 15.9. The van der Waals surface area contributed by atoms with Gasteiger partial charge in [-0.05, 0) is 36.4 Å². The molecule has 0 radical (unpaired) electrons. The number of aromatic nitrogens is 1. The average Bonchev–Trinajstić information content (AvgIpc) is 2.77. The SMILES string of the molecule is COc1ccccc1N1CCN(C(=O)COc2ccc3ncccc3c2)CC1. The number of rotatable bonds is 5. The summed E-state index contributed by atoms with van der Waals surface area (Å²) in [6, 6.07) is 17.5. The van der Waals surface area contributed by atoms with Gasteiger partial charge < -0.3 is 19.3 Å². The second-order valence-electron chi connectivity index (χ2n) is 6.69. The van der Waals surface area contributed by atoms with Crippen LogP contribution in [-0.2, 0) is 4.79 Å². The van der Waals surface area contributed by atoms with Crippen molar-refractivity contribution in [3.05, 3.63) is 60.8 Å². The largest absolute Gasteiger partial charge is 0.495 e. The third-order valence-electron chi connectivity index (χ3n) is 5.00. The number of pyridine rings is 1. The lowest BCUT2D eigenvalue weighted by Gasteiger charge is -2.36. The van der Waals surface area contributed by atoms with Gasteiger partial charge in [-0.3, -0.25) is 9.78 Å². The lowest BCUT2D eigenvalue weighted by atomic mass is 10.2. The van der Waals surface area contributed by atoms with Gasteiger partial charge in [0, 0.05) is 37.8 Å². The van der Waals surface area contributed by atoms with Gasteiger partial charge in [-0.1, -0.05) is 18.2 Å². The number of para-hydroxylation sites is 2. The van der Waals surface area contributed by atoms with E-state index in [2.05, 4.69) is 9.88 Å². The molecule has 0 spiro atoms. The van der Waals surface area contributed by atoms with Crippen molar-refractivity contribution in [3.8, 4) is 11.5 Å². The molecular formula is C22H23N3O3. The van der Waals surface area contributed by atoms with Crippen molar-refractivity contribution in [2.75, 3.05) is 44.8 Å². The minimum absolute atomic E-state index is 0.00552. The van der Waals surface area contributed by atoms with Crippen molar-refractivity contribution in [3.63, 3.8) is 0 Å². The number of benzene rings is 2. The first-order chi connectivity index (χ1) is 13.7. The van der Waals surface area contributed by atoms with E-state index in [1.54, 1.807) is 13.3 Å². The summed E-state index contributed by atoms with van der Waals surface area (Å²) in [5, 5.41) is 0.998. The molecule has 1 aliphatic heterocycles. The summed E-state index contributed by atoms with van der Waals surface area (Å²) in [5.41, 5.74) is 1.98. The van der Waals surface area contributed by atoms with E-state index in [-0.39, 0.29) is 12.5 Å². The van der Waals surface area contributed by atoms with Gasteiger partial charge in [0.15, 0.2) is 6.61 Å². The van der Waals surface area contributed by atoms with E-state index in [1.165, 1.54) is 0 Å². The van der Waals surface area contributed by atoms with Gasteiger partial charge in [-0.25, -0.2) is 0 Å². The molecule has 2 aromatic carbocycles. The molecule has 1 saturated heterocycles. The highest BCUT2D eigenvalue weighted by Crippen LogP contribution is 2.28. The van der Waals surface area contributed by atoms with Gasteiger partial charge in [0.2, 0.25) is 0 Å². The zero-order chi connectivity index (χ0) is 19.3. The van der Waals surface area contributed by atoms with Crippen LogP contribution in [0.3, 0.4) is 0 Å². The highest BCUT2D eigenvalue weighted by atomic mass is 16.5. The van der Waals surface area contributed by atoms with Crippen LogP contribution in [0.2, 0.25) is 0 Å². The average molecular weight is 377 g/mol. The van der Waals surface area contributed by atoms with Crippen molar-refractivity contribution < 1.29 is 14.3 Å². The Bertz CT molecular complexity index is 968. The lowest BCUT2D eigenvalue weighted by molar-refractivity contribution is -0.133. The number of methoxy groups -OCH3 is 1. The van der Waals surface area contributed by atoms with Crippen molar-refractivity contribution in [2.24, 2.45) is 0 Å². The summed E-state index contributed by atoms with van der Waals surface area (Å²) in [7, 11) is 1.68. The van der Waals surface area contributed by atoms with E-state index in [9.17, 15) is 4.79 Å². The van der Waals surface area contributed by atoms with E-state index in [1.807, 2.05) is 59.5 Å². The maximum absolute atomic E-state index is 12.5.